The molecule has 2 rings (SSSR count). The molecule has 0 unspecified atom stereocenters. The molecule has 1 aromatic rings. The maximum Gasteiger partial charge on any atom is 0.0633 e. The van der Waals surface area contributed by atoms with Crippen molar-refractivity contribution in [1.82, 2.24) is 0 Å². The van der Waals surface area contributed by atoms with Gasteiger partial charge in [0, 0.05) is 5.92 Å². The molecule has 0 spiro atoms. The smallest absolute Gasteiger partial charge is 0.0633 e. The minimum absolute atomic E-state index is 0.00659. The topological polar surface area (TPSA) is 9.23 Å². The fraction of sp³-hybridized carbons (Fsp3) is 0.429. The van der Waals surface area contributed by atoms with Crippen LogP contribution in [0.25, 0.3) is 6.08 Å². The van der Waals surface area contributed by atoms with Crippen molar-refractivity contribution in [1.29, 1.82) is 0 Å². The van der Waals surface area contributed by atoms with E-state index in [-0.39, 0.29) is 5.60 Å². The number of halogens is 2. The molecule has 1 aromatic carbocycles. The Balaban J connectivity index is 2.03. The monoisotopic (exact) mass is 270 g/mol. The molecule has 1 atom stereocenters. The highest BCUT2D eigenvalue weighted by Crippen LogP contribution is 2.30. The van der Waals surface area contributed by atoms with E-state index in [0.717, 1.165) is 18.6 Å². The third kappa shape index (κ3) is 3.48. The Hall–Kier alpha value is -0.500. The van der Waals surface area contributed by atoms with Gasteiger partial charge in [0.1, 0.15) is 0 Å². The van der Waals surface area contributed by atoms with Crippen LogP contribution < -0.4 is 0 Å². The Morgan fingerprint density at radius 1 is 1.29 bits per heavy atom. The first-order valence-corrected chi connectivity index (χ1v) is 6.49. The van der Waals surface area contributed by atoms with Crippen LogP contribution in [0.1, 0.15) is 25.8 Å². The van der Waals surface area contributed by atoms with Crippen molar-refractivity contribution in [3.05, 3.63) is 39.9 Å². The third-order valence-electron chi connectivity index (χ3n) is 2.95. The van der Waals surface area contributed by atoms with Gasteiger partial charge >= 0.3 is 0 Å². The molecule has 1 heterocycles. The van der Waals surface area contributed by atoms with Crippen LogP contribution in [0.15, 0.2) is 24.3 Å². The normalized spacial score (nSPS) is 23.4. The lowest BCUT2D eigenvalue weighted by Gasteiger charge is -2.14. The molecule has 0 radical (unpaired) electrons. The van der Waals surface area contributed by atoms with Crippen LogP contribution in [0.5, 0.6) is 0 Å². The van der Waals surface area contributed by atoms with Crippen molar-refractivity contribution in [2.45, 2.75) is 25.9 Å². The summed E-state index contributed by atoms with van der Waals surface area (Å²) in [6.45, 7) is 5.05. The van der Waals surface area contributed by atoms with E-state index in [2.05, 4.69) is 26.0 Å². The molecule has 1 nitrogen and oxygen atoms in total. The first-order valence-electron chi connectivity index (χ1n) is 5.73. The van der Waals surface area contributed by atoms with Gasteiger partial charge in [0.2, 0.25) is 0 Å². The van der Waals surface area contributed by atoms with Crippen LogP contribution in [-0.4, -0.2) is 12.2 Å². The van der Waals surface area contributed by atoms with Crippen molar-refractivity contribution in [2.75, 3.05) is 6.61 Å². The lowest BCUT2D eigenvalue weighted by molar-refractivity contribution is 0.0357. The highest BCUT2D eigenvalue weighted by Gasteiger charge is 2.30. The molecule has 0 aromatic heterocycles. The van der Waals surface area contributed by atoms with E-state index in [1.54, 1.807) is 0 Å². The lowest BCUT2D eigenvalue weighted by Crippen LogP contribution is -2.16. The molecule has 1 saturated heterocycles. The van der Waals surface area contributed by atoms with Crippen LogP contribution in [0.3, 0.4) is 0 Å². The van der Waals surface area contributed by atoms with Gasteiger partial charge in [-0.3, -0.25) is 0 Å². The molecular formula is C14H16Cl2O. The van der Waals surface area contributed by atoms with E-state index >= 15 is 0 Å². The molecule has 1 aliphatic rings. The van der Waals surface area contributed by atoms with Crippen molar-refractivity contribution in [3.63, 3.8) is 0 Å². The zero-order chi connectivity index (χ0) is 12.5. The van der Waals surface area contributed by atoms with Gasteiger partial charge in [0.15, 0.2) is 0 Å². The minimum Gasteiger partial charge on any atom is -0.375 e. The lowest BCUT2D eigenvalue weighted by atomic mass is 9.97. The molecule has 92 valence electrons. The van der Waals surface area contributed by atoms with Gasteiger partial charge in [-0.15, -0.1) is 0 Å². The molecule has 3 heteroatoms. The Morgan fingerprint density at radius 2 is 2.06 bits per heavy atom. The number of benzene rings is 1. The molecule has 0 aliphatic carbocycles. The first-order chi connectivity index (χ1) is 7.96. The van der Waals surface area contributed by atoms with E-state index in [1.165, 1.54) is 0 Å². The Kier molecular flexibility index (Phi) is 3.82. The summed E-state index contributed by atoms with van der Waals surface area (Å²) in [5.74, 6) is 0.486. The van der Waals surface area contributed by atoms with Gasteiger partial charge in [0.05, 0.1) is 22.3 Å². The van der Waals surface area contributed by atoms with E-state index in [4.69, 9.17) is 27.9 Å². The van der Waals surface area contributed by atoms with E-state index in [1.807, 2.05) is 18.2 Å². The van der Waals surface area contributed by atoms with Crippen LogP contribution in [0, 0.1) is 5.92 Å². The van der Waals surface area contributed by atoms with Crippen LogP contribution in [0.2, 0.25) is 10.0 Å². The predicted octanol–water partition coefficient (Wildman–Crippen LogP) is 4.82. The number of hydrogen-bond acceptors (Lipinski definition) is 1. The van der Waals surface area contributed by atoms with E-state index < -0.39 is 0 Å². The van der Waals surface area contributed by atoms with Gasteiger partial charge in [0.25, 0.3) is 0 Å². The van der Waals surface area contributed by atoms with Crippen LogP contribution in [0.4, 0.5) is 0 Å². The molecule has 0 N–H and O–H groups in total. The highest BCUT2D eigenvalue weighted by atomic mass is 35.5. The molecule has 0 bridgehead atoms. The maximum atomic E-state index is 5.96. The average molecular weight is 271 g/mol. The molecule has 17 heavy (non-hydrogen) atoms. The second-order valence-electron chi connectivity index (χ2n) is 5.07. The van der Waals surface area contributed by atoms with E-state index in [9.17, 15) is 0 Å². The predicted molar refractivity (Wildman–Crippen MR) is 73.6 cm³/mol. The van der Waals surface area contributed by atoms with Crippen LogP contribution >= 0.6 is 23.2 Å². The highest BCUT2D eigenvalue weighted by molar-refractivity contribution is 6.42. The Bertz CT molecular complexity index is 438. The number of ether oxygens (including phenoxy) is 1. The zero-order valence-corrected chi connectivity index (χ0v) is 11.6. The fourth-order valence-electron chi connectivity index (χ4n) is 2.07. The van der Waals surface area contributed by atoms with Gasteiger partial charge in [-0.05, 0) is 38.0 Å². The molecule has 0 saturated carbocycles. The molecule has 1 fully saturated rings. The van der Waals surface area contributed by atoms with E-state index in [0.29, 0.717) is 16.0 Å². The summed E-state index contributed by atoms with van der Waals surface area (Å²) < 4.78 is 5.69. The zero-order valence-electron chi connectivity index (χ0n) is 10.0. The summed E-state index contributed by atoms with van der Waals surface area (Å²) in [4.78, 5) is 0. The van der Waals surface area contributed by atoms with Gasteiger partial charge in [-0.25, -0.2) is 0 Å². The van der Waals surface area contributed by atoms with Gasteiger partial charge in [-0.1, -0.05) is 41.4 Å². The maximum absolute atomic E-state index is 5.96. The summed E-state index contributed by atoms with van der Waals surface area (Å²) in [7, 11) is 0. The molecule has 0 amide bonds. The fourth-order valence-corrected chi connectivity index (χ4v) is 2.38. The summed E-state index contributed by atoms with van der Waals surface area (Å²) in [6, 6.07) is 5.66. The summed E-state index contributed by atoms with van der Waals surface area (Å²) >= 11 is 11.8. The Labute approximate surface area is 112 Å². The summed E-state index contributed by atoms with van der Waals surface area (Å²) in [5.41, 5.74) is 1.08. The summed E-state index contributed by atoms with van der Waals surface area (Å²) in [5, 5.41) is 1.19. The number of rotatable bonds is 2. The second-order valence-corrected chi connectivity index (χ2v) is 5.88. The second kappa shape index (κ2) is 5.01. The molecular weight excluding hydrogens is 255 g/mol. The largest absolute Gasteiger partial charge is 0.375 e. The van der Waals surface area contributed by atoms with Crippen molar-refractivity contribution in [2.24, 2.45) is 5.92 Å². The van der Waals surface area contributed by atoms with Crippen molar-refractivity contribution in [3.8, 4) is 0 Å². The van der Waals surface area contributed by atoms with Gasteiger partial charge in [-0.2, -0.15) is 0 Å². The standard InChI is InChI=1S/C14H16Cl2O/c1-14(2)8-11(9-17-14)4-3-10-5-6-12(15)13(16)7-10/h3-7,11H,8-9H2,1-2H3/b4-3+/t11-/m1/s1. The van der Waals surface area contributed by atoms with Gasteiger partial charge < -0.3 is 4.74 Å². The molecule has 1 aliphatic heterocycles. The SMILES string of the molecule is CC1(C)C[C@@H](/C=C/c2ccc(Cl)c(Cl)c2)CO1. The van der Waals surface area contributed by atoms with Crippen molar-refractivity contribution >= 4 is 29.3 Å². The quantitative estimate of drug-likeness (QED) is 0.749. The Morgan fingerprint density at radius 3 is 2.65 bits per heavy atom. The van der Waals surface area contributed by atoms with Crippen molar-refractivity contribution < 1.29 is 4.74 Å². The number of hydrogen-bond donors (Lipinski definition) is 0. The average Bonchev–Trinajstić information content (AvgIpc) is 2.60. The first kappa shape index (κ1) is 12.9. The minimum atomic E-state index is 0.00659. The third-order valence-corrected chi connectivity index (χ3v) is 3.69. The summed E-state index contributed by atoms with van der Waals surface area (Å²) in [6.07, 6.45) is 5.33. The van der Waals surface area contributed by atoms with Crippen LogP contribution in [-0.2, 0) is 4.74 Å².